The fourth-order valence-corrected chi connectivity index (χ4v) is 1.53. The van der Waals surface area contributed by atoms with Crippen molar-refractivity contribution < 1.29 is 9.18 Å². The van der Waals surface area contributed by atoms with Crippen LogP contribution in [0.3, 0.4) is 0 Å². The number of primary amides is 1. The quantitative estimate of drug-likeness (QED) is 0.792. The highest BCUT2D eigenvalue weighted by atomic mass is 19.1. The van der Waals surface area contributed by atoms with Gasteiger partial charge in [-0.1, -0.05) is 0 Å². The molecule has 0 spiro atoms. The number of rotatable bonds is 2. The average Bonchev–Trinajstić information content (AvgIpc) is 2.44. The molecule has 1 amide bonds. The largest absolute Gasteiger partial charge is 0.369 e. The zero-order chi connectivity index (χ0) is 11.0. The molecular weight excluding hydrogens is 197 g/mol. The molecule has 0 aliphatic rings. The topological polar surface area (TPSA) is 60.4 Å². The summed E-state index contributed by atoms with van der Waals surface area (Å²) in [6.45, 7) is 1.78. The lowest BCUT2D eigenvalue weighted by Crippen LogP contribution is -2.14. The lowest BCUT2D eigenvalue weighted by Gasteiger charge is -2.00. The van der Waals surface area contributed by atoms with Crippen molar-refractivity contribution in [3.05, 3.63) is 35.5 Å². The van der Waals surface area contributed by atoms with Gasteiger partial charge in [-0.3, -0.25) is 4.79 Å². The van der Waals surface area contributed by atoms with E-state index in [1.165, 1.54) is 6.07 Å². The van der Waals surface area contributed by atoms with Crippen LogP contribution in [0.4, 0.5) is 4.39 Å². The first kappa shape index (κ1) is 9.64. The summed E-state index contributed by atoms with van der Waals surface area (Å²) in [4.78, 5) is 14.7. The average molecular weight is 207 g/mol. The van der Waals surface area contributed by atoms with E-state index in [2.05, 4.69) is 4.98 Å². The van der Waals surface area contributed by atoms with Gasteiger partial charge < -0.3 is 10.1 Å². The Bertz CT molecular complexity index is 533. The molecule has 0 saturated heterocycles. The Kier molecular flexibility index (Phi) is 2.15. The van der Waals surface area contributed by atoms with Crippen LogP contribution in [-0.2, 0) is 11.2 Å². The molecular formula is C10H10FN3O. The number of nitrogens with two attached hydrogens (primary N) is 1. The first-order valence-corrected chi connectivity index (χ1v) is 4.48. The number of aryl methyl sites for hydroxylation is 1. The van der Waals surface area contributed by atoms with Gasteiger partial charge in [0, 0.05) is 12.4 Å². The van der Waals surface area contributed by atoms with Crippen LogP contribution < -0.4 is 5.73 Å². The zero-order valence-electron chi connectivity index (χ0n) is 8.20. The van der Waals surface area contributed by atoms with Crippen molar-refractivity contribution in [2.24, 2.45) is 5.73 Å². The number of hydrogen-bond acceptors (Lipinski definition) is 2. The number of fused-ring (bicyclic) bond motifs is 1. The smallest absolute Gasteiger partial charge is 0.221 e. The van der Waals surface area contributed by atoms with Crippen LogP contribution >= 0.6 is 0 Å². The number of hydrogen-bond donors (Lipinski definition) is 1. The van der Waals surface area contributed by atoms with E-state index in [4.69, 9.17) is 5.73 Å². The first-order valence-electron chi connectivity index (χ1n) is 4.48. The highest BCUT2D eigenvalue weighted by Crippen LogP contribution is 2.12. The second-order valence-electron chi connectivity index (χ2n) is 3.45. The van der Waals surface area contributed by atoms with Crippen molar-refractivity contribution in [2.75, 3.05) is 0 Å². The molecule has 0 saturated carbocycles. The summed E-state index contributed by atoms with van der Waals surface area (Å²) < 4.78 is 15.0. The van der Waals surface area contributed by atoms with Gasteiger partial charge in [-0.25, -0.2) is 9.37 Å². The van der Waals surface area contributed by atoms with Gasteiger partial charge in [0.05, 0.1) is 12.1 Å². The summed E-state index contributed by atoms with van der Waals surface area (Å²) in [5.74, 6) is -0.924. The summed E-state index contributed by atoms with van der Waals surface area (Å²) in [6.07, 6.45) is 3.39. The molecule has 2 aromatic heterocycles. The minimum Gasteiger partial charge on any atom is -0.369 e. The summed E-state index contributed by atoms with van der Waals surface area (Å²) in [6, 6.07) is 1.28. The molecule has 0 atom stereocenters. The van der Waals surface area contributed by atoms with Gasteiger partial charge in [0.1, 0.15) is 0 Å². The molecule has 0 unspecified atom stereocenters. The Morgan fingerprint density at radius 1 is 1.60 bits per heavy atom. The molecule has 0 radical (unpaired) electrons. The van der Waals surface area contributed by atoms with Gasteiger partial charge in [-0.2, -0.15) is 0 Å². The Balaban J connectivity index is 2.56. The third kappa shape index (κ3) is 1.81. The summed E-state index contributed by atoms with van der Waals surface area (Å²) >= 11 is 0. The Morgan fingerprint density at radius 2 is 2.33 bits per heavy atom. The predicted molar refractivity (Wildman–Crippen MR) is 52.8 cm³/mol. The van der Waals surface area contributed by atoms with E-state index in [0.717, 1.165) is 5.69 Å². The number of imidazole rings is 1. The molecule has 2 aromatic rings. The molecule has 0 aromatic carbocycles. The lowest BCUT2D eigenvalue weighted by molar-refractivity contribution is -0.117. The summed E-state index contributed by atoms with van der Waals surface area (Å²) in [5.41, 5.74) is 6.58. The number of halogens is 1. The van der Waals surface area contributed by atoms with Gasteiger partial charge in [0.2, 0.25) is 5.91 Å². The number of nitrogens with zero attached hydrogens (tertiary/aromatic N) is 2. The van der Waals surface area contributed by atoms with Crippen molar-refractivity contribution in [2.45, 2.75) is 13.3 Å². The molecule has 0 bridgehead atoms. The molecule has 0 aliphatic carbocycles. The number of amides is 1. The fourth-order valence-electron chi connectivity index (χ4n) is 1.53. The van der Waals surface area contributed by atoms with Gasteiger partial charge in [0.25, 0.3) is 0 Å². The fraction of sp³-hybridized carbons (Fsp3) is 0.200. The maximum Gasteiger partial charge on any atom is 0.221 e. The first-order chi connectivity index (χ1) is 7.06. The standard InChI is InChI=1S/C10H10FN3O/c1-6-4-14-5-7(3-9(12)15)2-8(11)10(14)13-6/h2,4-5H,3H2,1H3,(H2,12,15). The Morgan fingerprint density at radius 3 is 3.00 bits per heavy atom. The van der Waals surface area contributed by atoms with Crippen molar-refractivity contribution in [1.82, 2.24) is 9.38 Å². The van der Waals surface area contributed by atoms with E-state index in [0.29, 0.717) is 5.56 Å². The van der Waals surface area contributed by atoms with Gasteiger partial charge in [-0.15, -0.1) is 0 Å². The van der Waals surface area contributed by atoms with E-state index in [-0.39, 0.29) is 12.1 Å². The molecule has 0 aliphatic heterocycles. The van der Waals surface area contributed by atoms with Crippen molar-refractivity contribution in [3.8, 4) is 0 Å². The lowest BCUT2D eigenvalue weighted by atomic mass is 10.2. The monoisotopic (exact) mass is 207 g/mol. The molecule has 2 N–H and O–H groups in total. The highest BCUT2D eigenvalue weighted by molar-refractivity contribution is 5.76. The van der Waals surface area contributed by atoms with Crippen LogP contribution in [0.5, 0.6) is 0 Å². The third-order valence-corrected chi connectivity index (χ3v) is 2.06. The summed E-state index contributed by atoms with van der Waals surface area (Å²) in [7, 11) is 0. The van der Waals surface area contributed by atoms with E-state index < -0.39 is 11.7 Å². The number of pyridine rings is 1. The highest BCUT2D eigenvalue weighted by Gasteiger charge is 2.07. The SMILES string of the molecule is Cc1cn2cc(CC(N)=O)cc(F)c2n1. The second-order valence-corrected chi connectivity index (χ2v) is 3.45. The van der Waals surface area contributed by atoms with Crippen LogP contribution in [-0.4, -0.2) is 15.3 Å². The number of carbonyl (C=O) groups is 1. The minimum atomic E-state index is -0.481. The molecule has 15 heavy (non-hydrogen) atoms. The maximum absolute atomic E-state index is 13.5. The van der Waals surface area contributed by atoms with Crippen LogP contribution in [0.25, 0.3) is 5.65 Å². The van der Waals surface area contributed by atoms with Gasteiger partial charge in [0.15, 0.2) is 11.5 Å². The van der Waals surface area contributed by atoms with E-state index in [1.54, 1.807) is 23.7 Å². The van der Waals surface area contributed by atoms with E-state index in [1.807, 2.05) is 0 Å². The Labute approximate surface area is 85.5 Å². The second kappa shape index (κ2) is 3.34. The molecule has 5 heteroatoms. The molecule has 4 nitrogen and oxygen atoms in total. The van der Waals surface area contributed by atoms with Gasteiger partial charge >= 0.3 is 0 Å². The van der Waals surface area contributed by atoms with E-state index in [9.17, 15) is 9.18 Å². The number of carbonyl (C=O) groups excluding carboxylic acids is 1. The van der Waals surface area contributed by atoms with Crippen molar-refractivity contribution in [1.29, 1.82) is 0 Å². The predicted octanol–water partition coefficient (Wildman–Crippen LogP) is 0.810. The zero-order valence-corrected chi connectivity index (χ0v) is 8.20. The number of aromatic nitrogens is 2. The molecule has 78 valence electrons. The Hall–Kier alpha value is -1.91. The van der Waals surface area contributed by atoms with Crippen molar-refractivity contribution in [3.63, 3.8) is 0 Å². The third-order valence-electron chi connectivity index (χ3n) is 2.06. The molecule has 2 rings (SSSR count). The minimum absolute atomic E-state index is 0.0318. The van der Waals surface area contributed by atoms with Crippen molar-refractivity contribution >= 4 is 11.6 Å². The van der Waals surface area contributed by atoms with Gasteiger partial charge in [-0.05, 0) is 18.6 Å². The van der Waals surface area contributed by atoms with E-state index >= 15 is 0 Å². The van der Waals surface area contributed by atoms with Crippen LogP contribution in [0.15, 0.2) is 18.5 Å². The van der Waals surface area contributed by atoms with Crippen LogP contribution in [0, 0.1) is 12.7 Å². The molecule has 2 heterocycles. The van der Waals surface area contributed by atoms with Crippen LogP contribution in [0.2, 0.25) is 0 Å². The van der Waals surface area contributed by atoms with Crippen LogP contribution in [0.1, 0.15) is 11.3 Å². The maximum atomic E-state index is 13.5. The normalized spacial score (nSPS) is 10.8. The summed E-state index contributed by atoms with van der Waals surface area (Å²) in [5, 5.41) is 0. The molecule has 0 fully saturated rings.